The van der Waals surface area contributed by atoms with E-state index in [0.717, 1.165) is 6.54 Å². The molecule has 0 saturated heterocycles. The van der Waals surface area contributed by atoms with Crippen LogP contribution in [0.25, 0.3) is 0 Å². The van der Waals surface area contributed by atoms with Crippen molar-refractivity contribution in [3.63, 3.8) is 0 Å². The summed E-state index contributed by atoms with van der Waals surface area (Å²) in [6, 6.07) is 8.94. The van der Waals surface area contributed by atoms with Crippen molar-refractivity contribution >= 4 is 17.7 Å². The summed E-state index contributed by atoms with van der Waals surface area (Å²) >= 11 is 0. The first-order valence-corrected chi connectivity index (χ1v) is 6.86. The largest absolute Gasteiger partial charge is 0.481 e. The van der Waals surface area contributed by atoms with Crippen LogP contribution in [0.1, 0.15) is 6.42 Å². The van der Waals surface area contributed by atoms with E-state index in [0.29, 0.717) is 12.2 Å². The second-order valence-corrected chi connectivity index (χ2v) is 5.14. The van der Waals surface area contributed by atoms with Gasteiger partial charge in [0.15, 0.2) is 0 Å². The summed E-state index contributed by atoms with van der Waals surface area (Å²) < 4.78 is 0. The highest BCUT2D eigenvalue weighted by Crippen LogP contribution is 2.15. The molecule has 2 amide bonds. The molecular weight excluding hydrogens is 270 g/mol. The average molecular weight is 293 g/mol. The Balaban J connectivity index is 2.80. The Bertz CT molecular complexity index is 462. The molecular formula is C15H23N3O3. The number of carbonyl (C=O) groups is 2. The van der Waals surface area contributed by atoms with Gasteiger partial charge in [-0.3, -0.25) is 9.69 Å². The fourth-order valence-corrected chi connectivity index (χ4v) is 1.80. The van der Waals surface area contributed by atoms with E-state index in [4.69, 9.17) is 5.11 Å². The summed E-state index contributed by atoms with van der Waals surface area (Å²) in [6.45, 7) is 1.50. The van der Waals surface area contributed by atoms with E-state index in [9.17, 15) is 9.59 Å². The fourth-order valence-electron chi connectivity index (χ4n) is 1.80. The topological polar surface area (TPSA) is 64.1 Å². The number of amides is 2. The van der Waals surface area contributed by atoms with Crippen molar-refractivity contribution in [3.8, 4) is 0 Å². The highest BCUT2D eigenvalue weighted by molar-refractivity contribution is 5.92. The van der Waals surface area contributed by atoms with Gasteiger partial charge in [0.05, 0.1) is 6.42 Å². The number of benzene rings is 1. The molecule has 6 nitrogen and oxygen atoms in total. The molecule has 0 aromatic heterocycles. The van der Waals surface area contributed by atoms with E-state index in [1.54, 1.807) is 24.1 Å². The van der Waals surface area contributed by atoms with Crippen molar-refractivity contribution in [2.24, 2.45) is 0 Å². The van der Waals surface area contributed by atoms with Crippen LogP contribution in [0.2, 0.25) is 0 Å². The van der Waals surface area contributed by atoms with Crippen molar-refractivity contribution in [1.29, 1.82) is 0 Å². The zero-order valence-electron chi connectivity index (χ0n) is 12.8. The van der Waals surface area contributed by atoms with Crippen molar-refractivity contribution in [3.05, 3.63) is 30.3 Å². The molecule has 0 aliphatic rings. The average Bonchev–Trinajstić information content (AvgIpc) is 2.45. The number of carbonyl (C=O) groups excluding carboxylic acids is 1. The molecule has 0 aliphatic heterocycles. The van der Waals surface area contributed by atoms with Crippen molar-refractivity contribution in [2.75, 3.05) is 45.7 Å². The molecule has 0 heterocycles. The molecule has 1 aromatic rings. The third-order valence-electron chi connectivity index (χ3n) is 3.06. The summed E-state index contributed by atoms with van der Waals surface area (Å²) in [6.07, 6.45) is -0.0812. The number of urea groups is 1. The SMILES string of the molecule is CN(C)CCN(C)C(=O)N(CCC(=O)O)c1ccccc1. The number of rotatable bonds is 7. The standard InChI is InChI=1S/C15H23N3O3/c1-16(2)11-12-17(3)15(21)18(10-9-14(19)20)13-7-5-4-6-8-13/h4-8H,9-12H2,1-3H3,(H,19,20). The first kappa shape index (κ1) is 17.0. The number of likely N-dealkylation sites (N-methyl/N-ethyl adjacent to an activating group) is 2. The van der Waals surface area contributed by atoms with Crippen LogP contribution in [0.5, 0.6) is 0 Å². The van der Waals surface area contributed by atoms with Gasteiger partial charge in [0.25, 0.3) is 0 Å². The number of para-hydroxylation sites is 1. The van der Waals surface area contributed by atoms with Gasteiger partial charge in [0.1, 0.15) is 0 Å². The quantitative estimate of drug-likeness (QED) is 0.829. The molecule has 21 heavy (non-hydrogen) atoms. The minimum Gasteiger partial charge on any atom is -0.481 e. The summed E-state index contributed by atoms with van der Waals surface area (Å²) in [5, 5.41) is 8.85. The third-order valence-corrected chi connectivity index (χ3v) is 3.06. The van der Waals surface area contributed by atoms with E-state index < -0.39 is 5.97 Å². The Morgan fingerprint density at radius 1 is 1.00 bits per heavy atom. The van der Waals surface area contributed by atoms with Crippen LogP contribution in [-0.4, -0.2) is 67.7 Å². The molecule has 0 unspecified atom stereocenters. The van der Waals surface area contributed by atoms with Crippen molar-refractivity contribution in [2.45, 2.75) is 6.42 Å². The monoisotopic (exact) mass is 293 g/mol. The van der Waals surface area contributed by atoms with E-state index in [1.807, 2.05) is 37.2 Å². The van der Waals surface area contributed by atoms with Gasteiger partial charge in [-0.25, -0.2) is 4.79 Å². The van der Waals surface area contributed by atoms with Gasteiger partial charge in [0.2, 0.25) is 0 Å². The van der Waals surface area contributed by atoms with Gasteiger partial charge in [-0.05, 0) is 26.2 Å². The number of anilines is 1. The first-order valence-electron chi connectivity index (χ1n) is 6.86. The maximum Gasteiger partial charge on any atom is 0.324 e. The Kier molecular flexibility index (Phi) is 6.68. The maximum atomic E-state index is 12.5. The van der Waals surface area contributed by atoms with Crippen molar-refractivity contribution in [1.82, 2.24) is 9.80 Å². The Hall–Kier alpha value is -2.08. The second kappa shape index (κ2) is 8.26. The highest BCUT2D eigenvalue weighted by Gasteiger charge is 2.20. The number of aliphatic carboxylic acids is 1. The third kappa shape index (κ3) is 5.83. The zero-order chi connectivity index (χ0) is 15.8. The second-order valence-electron chi connectivity index (χ2n) is 5.14. The molecule has 0 bridgehead atoms. The smallest absolute Gasteiger partial charge is 0.324 e. The number of nitrogens with zero attached hydrogens (tertiary/aromatic N) is 3. The minimum atomic E-state index is -0.917. The molecule has 0 aliphatic carbocycles. The molecule has 1 aromatic carbocycles. The van der Waals surface area contributed by atoms with Gasteiger partial charge >= 0.3 is 12.0 Å². The predicted molar refractivity (Wildman–Crippen MR) is 82.6 cm³/mol. The van der Waals surface area contributed by atoms with Gasteiger partial charge in [-0.1, -0.05) is 18.2 Å². The summed E-state index contributed by atoms with van der Waals surface area (Å²) in [4.78, 5) is 28.4. The molecule has 6 heteroatoms. The first-order chi connectivity index (χ1) is 9.91. The number of hydrogen-bond acceptors (Lipinski definition) is 3. The van der Waals surface area contributed by atoms with Gasteiger partial charge in [-0.2, -0.15) is 0 Å². The Morgan fingerprint density at radius 3 is 2.14 bits per heavy atom. The van der Waals surface area contributed by atoms with Crippen LogP contribution >= 0.6 is 0 Å². The molecule has 1 N–H and O–H groups in total. The Labute approximate surface area is 125 Å². The van der Waals surface area contributed by atoms with Crippen LogP contribution in [0.3, 0.4) is 0 Å². The lowest BCUT2D eigenvalue weighted by Gasteiger charge is -2.28. The Morgan fingerprint density at radius 2 is 1.62 bits per heavy atom. The summed E-state index contributed by atoms with van der Waals surface area (Å²) in [5.41, 5.74) is 0.709. The lowest BCUT2D eigenvalue weighted by atomic mass is 10.2. The van der Waals surface area contributed by atoms with Crippen LogP contribution in [-0.2, 0) is 4.79 Å². The molecule has 0 fully saturated rings. The number of carboxylic acids is 1. The lowest BCUT2D eigenvalue weighted by Crippen LogP contribution is -2.44. The maximum absolute atomic E-state index is 12.5. The molecule has 116 valence electrons. The highest BCUT2D eigenvalue weighted by atomic mass is 16.4. The van der Waals surface area contributed by atoms with Gasteiger partial charge in [-0.15, -0.1) is 0 Å². The van der Waals surface area contributed by atoms with Crippen LogP contribution in [0.15, 0.2) is 30.3 Å². The van der Waals surface area contributed by atoms with E-state index in [1.165, 1.54) is 4.90 Å². The van der Waals surface area contributed by atoms with E-state index in [-0.39, 0.29) is 19.0 Å². The fraction of sp³-hybridized carbons (Fsp3) is 0.467. The van der Waals surface area contributed by atoms with Gasteiger partial charge in [0, 0.05) is 32.4 Å². The molecule has 0 saturated carbocycles. The van der Waals surface area contributed by atoms with Crippen LogP contribution in [0, 0.1) is 0 Å². The summed E-state index contributed by atoms with van der Waals surface area (Å²) in [7, 11) is 5.61. The molecule has 0 spiro atoms. The lowest BCUT2D eigenvalue weighted by molar-refractivity contribution is -0.136. The van der Waals surface area contributed by atoms with E-state index >= 15 is 0 Å². The molecule has 0 atom stereocenters. The van der Waals surface area contributed by atoms with Crippen LogP contribution in [0.4, 0.5) is 10.5 Å². The zero-order valence-corrected chi connectivity index (χ0v) is 12.8. The normalized spacial score (nSPS) is 10.5. The van der Waals surface area contributed by atoms with Crippen molar-refractivity contribution < 1.29 is 14.7 Å². The van der Waals surface area contributed by atoms with Gasteiger partial charge < -0.3 is 14.9 Å². The number of hydrogen-bond donors (Lipinski definition) is 1. The van der Waals surface area contributed by atoms with Crippen LogP contribution < -0.4 is 4.90 Å². The predicted octanol–water partition coefficient (Wildman–Crippen LogP) is 1.58. The number of carboxylic acid groups (broad SMARTS) is 1. The molecule has 0 radical (unpaired) electrons. The minimum absolute atomic E-state index is 0.0812. The van der Waals surface area contributed by atoms with E-state index in [2.05, 4.69) is 0 Å². The summed E-state index contributed by atoms with van der Waals surface area (Å²) in [5.74, 6) is -0.917. The molecule has 1 rings (SSSR count).